The zero-order valence-corrected chi connectivity index (χ0v) is 13.6. The van der Waals surface area contributed by atoms with Crippen LogP contribution in [0.1, 0.15) is 5.56 Å². The molecule has 1 aliphatic rings. The quantitative estimate of drug-likeness (QED) is 0.356. The molecule has 0 aliphatic carbocycles. The van der Waals surface area contributed by atoms with Crippen molar-refractivity contribution in [2.75, 3.05) is 4.90 Å². The maximum absolute atomic E-state index is 13.7. The van der Waals surface area contributed by atoms with Gasteiger partial charge in [0.2, 0.25) is 0 Å². The molecule has 1 fully saturated rings. The summed E-state index contributed by atoms with van der Waals surface area (Å²) in [5.41, 5.74) is 0.445. The van der Waals surface area contributed by atoms with Gasteiger partial charge in [-0.2, -0.15) is 0 Å². The largest absolute Gasteiger partial charge is 0.271 e. The highest BCUT2D eigenvalue weighted by molar-refractivity contribution is 8.27. The van der Waals surface area contributed by atoms with Gasteiger partial charge in [0.15, 0.2) is 4.32 Å². The smallest absolute Gasteiger partial charge is 0.268 e. The van der Waals surface area contributed by atoms with Crippen LogP contribution in [0.25, 0.3) is 6.08 Å². The van der Waals surface area contributed by atoms with E-state index in [4.69, 9.17) is 12.2 Å². The molecule has 1 heterocycles. The van der Waals surface area contributed by atoms with Crippen molar-refractivity contribution in [2.45, 2.75) is 0 Å². The second-order valence-electron chi connectivity index (χ2n) is 4.82. The lowest BCUT2D eigenvalue weighted by molar-refractivity contribution is -0.384. The van der Waals surface area contributed by atoms with Crippen molar-refractivity contribution in [3.05, 3.63) is 74.9 Å². The van der Waals surface area contributed by atoms with E-state index in [9.17, 15) is 19.3 Å². The number of nitrogens with zero attached hydrogens (tertiary/aromatic N) is 2. The third-order valence-electron chi connectivity index (χ3n) is 3.28. The highest BCUT2D eigenvalue weighted by Gasteiger charge is 2.34. The lowest BCUT2D eigenvalue weighted by atomic mass is 10.2. The summed E-state index contributed by atoms with van der Waals surface area (Å²) < 4.78 is 14.0. The average molecular weight is 360 g/mol. The van der Waals surface area contributed by atoms with Crippen molar-refractivity contribution in [1.29, 1.82) is 0 Å². The van der Waals surface area contributed by atoms with Gasteiger partial charge in [0, 0.05) is 17.7 Å². The van der Waals surface area contributed by atoms with E-state index < -0.39 is 16.6 Å². The van der Waals surface area contributed by atoms with Gasteiger partial charge in [-0.3, -0.25) is 19.8 Å². The van der Waals surface area contributed by atoms with Gasteiger partial charge in [0.05, 0.1) is 15.5 Å². The average Bonchev–Trinajstić information content (AvgIpc) is 2.83. The fourth-order valence-electron chi connectivity index (χ4n) is 2.17. The Hall–Kier alpha value is -2.58. The van der Waals surface area contributed by atoms with Crippen molar-refractivity contribution in [3.63, 3.8) is 0 Å². The van der Waals surface area contributed by atoms with Crippen LogP contribution in [0.4, 0.5) is 15.8 Å². The molecule has 1 amide bonds. The Labute approximate surface area is 145 Å². The molecule has 2 aromatic rings. The number of thioether (sulfide) groups is 1. The topological polar surface area (TPSA) is 63.5 Å². The van der Waals surface area contributed by atoms with Gasteiger partial charge in [-0.15, -0.1) is 0 Å². The highest BCUT2D eigenvalue weighted by Crippen LogP contribution is 2.37. The zero-order chi connectivity index (χ0) is 17.3. The molecule has 5 nitrogen and oxygen atoms in total. The van der Waals surface area contributed by atoms with Crippen molar-refractivity contribution < 1.29 is 14.1 Å². The van der Waals surface area contributed by atoms with E-state index in [0.717, 1.165) is 11.8 Å². The second kappa shape index (κ2) is 6.50. The fourth-order valence-corrected chi connectivity index (χ4v) is 3.46. The number of hydrogen-bond acceptors (Lipinski definition) is 5. The lowest BCUT2D eigenvalue weighted by Gasteiger charge is -2.13. The Morgan fingerprint density at radius 2 is 1.96 bits per heavy atom. The van der Waals surface area contributed by atoms with Crippen molar-refractivity contribution in [1.82, 2.24) is 0 Å². The molecule has 0 aromatic heterocycles. The second-order valence-corrected chi connectivity index (χ2v) is 6.49. The first-order valence-corrected chi connectivity index (χ1v) is 7.97. The zero-order valence-electron chi connectivity index (χ0n) is 12.0. The number of carbonyl (C=O) groups is 1. The van der Waals surface area contributed by atoms with Crippen LogP contribution in [0.3, 0.4) is 0 Å². The summed E-state index contributed by atoms with van der Waals surface area (Å²) in [5.74, 6) is -0.883. The first kappa shape index (κ1) is 16.3. The Balaban J connectivity index is 1.97. The number of anilines is 1. The van der Waals surface area contributed by atoms with Crippen LogP contribution in [-0.2, 0) is 4.79 Å². The number of carbonyl (C=O) groups excluding carboxylic acids is 1. The molecule has 0 radical (unpaired) electrons. The molecule has 2 aromatic carbocycles. The molecule has 1 saturated heterocycles. The third-order valence-corrected chi connectivity index (χ3v) is 4.59. The fraction of sp³-hybridized carbons (Fsp3) is 0. The molecule has 3 rings (SSSR count). The standard InChI is InChI=1S/C16H9FN2O3S2/c17-13-7-2-1-4-10(13)8-14-15(20)18(16(23)24-14)11-5-3-6-12(9-11)19(21)22/h1-9H/b14-8+. The molecule has 0 unspecified atom stereocenters. The normalized spacial score (nSPS) is 16.0. The van der Waals surface area contributed by atoms with Gasteiger partial charge >= 0.3 is 0 Å². The highest BCUT2D eigenvalue weighted by atomic mass is 32.2. The molecule has 120 valence electrons. The number of thiocarbonyl (C=S) groups is 1. The van der Waals surface area contributed by atoms with Crippen molar-refractivity contribution in [3.8, 4) is 0 Å². The maximum Gasteiger partial charge on any atom is 0.271 e. The first-order chi connectivity index (χ1) is 11.5. The number of hydrogen-bond donors (Lipinski definition) is 0. The number of amides is 1. The predicted molar refractivity (Wildman–Crippen MR) is 95.1 cm³/mol. The van der Waals surface area contributed by atoms with E-state index in [1.165, 1.54) is 35.2 Å². The number of nitro benzene ring substituents is 1. The molecule has 0 N–H and O–H groups in total. The molecule has 0 spiro atoms. The minimum absolute atomic E-state index is 0.139. The number of nitro groups is 1. The van der Waals surface area contributed by atoms with Crippen LogP contribution >= 0.6 is 24.0 Å². The van der Waals surface area contributed by atoms with Crippen LogP contribution in [0.5, 0.6) is 0 Å². The Bertz CT molecular complexity index is 898. The number of halogens is 1. The molecule has 0 bridgehead atoms. The van der Waals surface area contributed by atoms with Crippen LogP contribution in [0, 0.1) is 15.9 Å². The number of rotatable bonds is 3. The summed E-state index contributed by atoms with van der Waals surface area (Å²) in [6, 6.07) is 11.7. The lowest BCUT2D eigenvalue weighted by Crippen LogP contribution is -2.27. The summed E-state index contributed by atoms with van der Waals surface area (Å²) in [6.45, 7) is 0. The molecular formula is C16H9FN2O3S2. The van der Waals surface area contributed by atoms with E-state index in [2.05, 4.69) is 0 Å². The first-order valence-electron chi connectivity index (χ1n) is 6.74. The minimum Gasteiger partial charge on any atom is -0.268 e. The molecule has 8 heteroatoms. The Morgan fingerprint density at radius 3 is 2.67 bits per heavy atom. The van der Waals surface area contributed by atoms with Gasteiger partial charge in [-0.25, -0.2) is 4.39 Å². The van der Waals surface area contributed by atoms with Crippen LogP contribution in [0.15, 0.2) is 53.4 Å². The molecule has 1 aliphatic heterocycles. The van der Waals surface area contributed by atoms with E-state index in [-0.39, 0.29) is 20.5 Å². The summed E-state index contributed by atoms with van der Waals surface area (Å²) in [4.78, 5) is 24.4. The third kappa shape index (κ3) is 3.06. The summed E-state index contributed by atoms with van der Waals surface area (Å²) in [6.07, 6.45) is 1.42. The van der Waals surface area contributed by atoms with Crippen molar-refractivity contribution in [2.24, 2.45) is 0 Å². The van der Waals surface area contributed by atoms with Gasteiger partial charge in [0.25, 0.3) is 11.6 Å². The van der Waals surface area contributed by atoms with Crippen LogP contribution in [0.2, 0.25) is 0 Å². The Morgan fingerprint density at radius 1 is 1.21 bits per heavy atom. The number of benzene rings is 2. The van der Waals surface area contributed by atoms with Gasteiger partial charge in [-0.1, -0.05) is 48.2 Å². The summed E-state index contributed by atoms with van der Waals surface area (Å²) >= 11 is 6.23. The van der Waals surface area contributed by atoms with E-state index >= 15 is 0 Å². The number of non-ortho nitro benzene ring substituents is 1. The molecule has 0 saturated carbocycles. The van der Waals surface area contributed by atoms with Crippen LogP contribution in [-0.4, -0.2) is 15.2 Å². The maximum atomic E-state index is 13.7. The SMILES string of the molecule is O=C1/C(=C\c2ccccc2F)SC(=S)N1c1cccc([N+](=O)[O-])c1. The molecular weight excluding hydrogens is 351 g/mol. The predicted octanol–water partition coefficient (Wildman–Crippen LogP) is 4.14. The van der Waals surface area contributed by atoms with Crippen LogP contribution < -0.4 is 4.90 Å². The van der Waals surface area contributed by atoms with E-state index in [0.29, 0.717) is 5.69 Å². The molecule has 24 heavy (non-hydrogen) atoms. The van der Waals surface area contributed by atoms with Gasteiger partial charge in [0.1, 0.15) is 5.82 Å². The Kier molecular flexibility index (Phi) is 4.41. The summed E-state index contributed by atoms with van der Waals surface area (Å²) in [5, 5.41) is 10.9. The van der Waals surface area contributed by atoms with Gasteiger partial charge in [-0.05, 0) is 18.2 Å². The summed E-state index contributed by atoms with van der Waals surface area (Å²) in [7, 11) is 0. The van der Waals surface area contributed by atoms with Crippen molar-refractivity contribution >= 4 is 51.7 Å². The monoisotopic (exact) mass is 360 g/mol. The minimum atomic E-state index is -0.545. The van der Waals surface area contributed by atoms with Gasteiger partial charge < -0.3 is 0 Å². The van der Waals surface area contributed by atoms with E-state index in [1.54, 1.807) is 24.3 Å². The molecule has 0 atom stereocenters. The van der Waals surface area contributed by atoms with E-state index in [1.807, 2.05) is 0 Å².